The third-order valence-electron chi connectivity index (χ3n) is 3.32. The van der Waals surface area contributed by atoms with Crippen LogP contribution in [0.15, 0.2) is 18.2 Å². The van der Waals surface area contributed by atoms with E-state index in [0.29, 0.717) is 25.2 Å². The van der Waals surface area contributed by atoms with Gasteiger partial charge in [0.25, 0.3) is 0 Å². The second-order valence-electron chi connectivity index (χ2n) is 4.52. The minimum atomic E-state index is -0.0156. The molecular formula is C13H13NO3. The summed E-state index contributed by atoms with van der Waals surface area (Å²) in [4.78, 5) is 23.4. The molecule has 1 amide bonds. The summed E-state index contributed by atoms with van der Waals surface area (Å²) >= 11 is 0. The number of Topliss-reactive ketones (excluding diaryl/α,β-unsaturated/α-hetero) is 1. The van der Waals surface area contributed by atoms with Crippen molar-refractivity contribution in [1.82, 2.24) is 0 Å². The van der Waals surface area contributed by atoms with Crippen LogP contribution in [0, 0.1) is 5.92 Å². The predicted molar refractivity (Wildman–Crippen MR) is 62.0 cm³/mol. The van der Waals surface area contributed by atoms with E-state index in [1.165, 1.54) is 0 Å². The standard InChI is InChI=1S/C13H13NO3/c15-12-6-10-5-8(1-2-11(10)14-12)13(16)9-3-4-17-7-9/h1-2,5,9H,3-4,6-7H2,(H,14,15). The van der Waals surface area contributed by atoms with Gasteiger partial charge in [0.15, 0.2) is 5.78 Å². The number of benzene rings is 1. The molecule has 1 aromatic rings. The number of fused-ring (bicyclic) bond motifs is 1. The molecule has 2 aliphatic heterocycles. The van der Waals surface area contributed by atoms with Gasteiger partial charge in [0.2, 0.25) is 5.91 Å². The van der Waals surface area contributed by atoms with Crippen molar-refractivity contribution < 1.29 is 14.3 Å². The topological polar surface area (TPSA) is 55.4 Å². The number of carbonyl (C=O) groups is 2. The molecule has 0 aromatic heterocycles. The Morgan fingerprint density at radius 3 is 3.06 bits per heavy atom. The number of ketones is 1. The molecule has 0 saturated carbocycles. The number of hydrogen-bond acceptors (Lipinski definition) is 3. The zero-order valence-corrected chi connectivity index (χ0v) is 9.36. The van der Waals surface area contributed by atoms with Crippen molar-refractivity contribution in [2.45, 2.75) is 12.8 Å². The highest BCUT2D eigenvalue weighted by atomic mass is 16.5. The Kier molecular flexibility index (Phi) is 2.44. The van der Waals surface area contributed by atoms with Crippen LogP contribution in [-0.4, -0.2) is 24.9 Å². The molecular weight excluding hydrogens is 218 g/mol. The zero-order valence-electron chi connectivity index (χ0n) is 9.36. The van der Waals surface area contributed by atoms with Gasteiger partial charge in [-0.25, -0.2) is 0 Å². The highest BCUT2D eigenvalue weighted by Crippen LogP contribution is 2.26. The van der Waals surface area contributed by atoms with Crippen LogP contribution in [0.3, 0.4) is 0 Å². The van der Waals surface area contributed by atoms with Crippen molar-refractivity contribution in [1.29, 1.82) is 0 Å². The van der Waals surface area contributed by atoms with E-state index in [2.05, 4.69) is 5.32 Å². The fourth-order valence-electron chi connectivity index (χ4n) is 2.36. The maximum atomic E-state index is 12.1. The predicted octanol–water partition coefficient (Wildman–Crippen LogP) is 1.40. The summed E-state index contributed by atoms with van der Waals surface area (Å²) in [5.74, 6) is 0.108. The lowest BCUT2D eigenvalue weighted by molar-refractivity contribution is -0.115. The molecule has 1 N–H and O–H groups in total. The van der Waals surface area contributed by atoms with E-state index in [1.54, 1.807) is 6.07 Å². The van der Waals surface area contributed by atoms with Crippen molar-refractivity contribution >= 4 is 17.4 Å². The molecule has 2 aliphatic rings. The van der Waals surface area contributed by atoms with E-state index in [1.807, 2.05) is 12.1 Å². The van der Waals surface area contributed by atoms with Crippen LogP contribution >= 0.6 is 0 Å². The fraction of sp³-hybridized carbons (Fsp3) is 0.385. The molecule has 1 saturated heterocycles. The number of amides is 1. The van der Waals surface area contributed by atoms with Crippen LogP contribution in [0.2, 0.25) is 0 Å². The maximum Gasteiger partial charge on any atom is 0.228 e. The van der Waals surface area contributed by atoms with Gasteiger partial charge < -0.3 is 10.1 Å². The normalized spacial score (nSPS) is 22.4. The molecule has 1 fully saturated rings. The van der Waals surface area contributed by atoms with E-state index in [-0.39, 0.29) is 17.6 Å². The van der Waals surface area contributed by atoms with Crippen LogP contribution in [-0.2, 0) is 16.0 Å². The fourth-order valence-corrected chi connectivity index (χ4v) is 2.36. The molecule has 1 unspecified atom stereocenters. The van der Waals surface area contributed by atoms with Gasteiger partial charge in [0.1, 0.15) is 0 Å². The van der Waals surface area contributed by atoms with Gasteiger partial charge in [-0.05, 0) is 30.2 Å². The van der Waals surface area contributed by atoms with Crippen LogP contribution in [0.4, 0.5) is 5.69 Å². The molecule has 88 valence electrons. The summed E-state index contributed by atoms with van der Waals surface area (Å²) in [7, 11) is 0. The number of hydrogen-bond donors (Lipinski definition) is 1. The first kappa shape index (κ1) is 10.5. The van der Waals surface area contributed by atoms with Crippen LogP contribution in [0.1, 0.15) is 22.3 Å². The van der Waals surface area contributed by atoms with Crippen molar-refractivity contribution in [3.05, 3.63) is 29.3 Å². The number of carbonyl (C=O) groups excluding carboxylic acids is 2. The summed E-state index contributed by atoms with van der Waals surface area (Å²) in [5.41, 5.74) is 2.43. The monoisotopic (exact) mass is 231 g/mol. The molecule has 0 bridgehead atoms. The second kappa shape index (κ2) is 3.96. The van der Waals surface area contributed by atoms with E-state index in [4.69, 9.17) is 4.74 Å². The Morgan fingerprint density at radius 1 is 1.41 bits per heavy atom. The molecule has 0 aliphatic carbocycles. The van der Waals surface area contributed by atoms with Crippen molar-refractivity contribution in [2.24, 2.45) is 5.92 Å². The first-order chi connectivity index (χ1) is 8.24. The quantitative estimate of drug-likeness (QED) is 0.783. The number of rotatable bonds is 2. The molecule has 1 atom stereocenters. The smallest absolute Gasteiger partial charge is 0.228 e. The Morgan fingerprint density at radius 2 is 2.29 bits per heavy atom. The SMILES string of the molecule is O=C1Cc2cc(C(=O)C3CCOC3)ccc2N1. The first-order valence-corrected chi connectivity index (χ1v) is 5.79. The average molecular weight is 231 g/mol. The summed E-state index contributed by atoms with van der Waals surface area (Å²) in [6.45, 7) is 1.19. The van der Waals surface area contributed by atoms with E-state index in [0.717, 1.165) is 17.7 Å². The molecule has 1 aromatic carbocycles. The van der Waals surface area contributed by atoms with Gasteiger partial charge in [-0.3, -0.25) is 9.59 Å². The highest BCUT2D eigenvalue weighted by molar-refractivity contribution is 6.02. The highest BCUT2D eigenvalue weighted by Gasteiger charge is 2.26. The Bertz CT molecular complexity index is 489. The van der Waals surface area contributed by atoms with Gasteiger partial charge in [-0.15, -0.1) is 0 Å². The molecule has 4 heteroatoms. The summed E-state index contributed by atoms with van der Waals surface area (Å²) in [6.07, 6.45) is 1.17. The molecule has 3 rings (SSSR count). The van der Waals surface area contributed by atoms with Crippen LogP contribution in [0.25, 0.3) is 0 Å². The van der Waals surface area contributed by atoms with Gasteiger partial charge in [-0.2, -0.15) is 0 Å². The lowest BCUT2D eigenvalue weighted by Gasteiger charge is -2.07. The van der Waals surface area contributed by atoms with Gasteiger partial charge in [-0.1, -0.05) is 0 Å². The minimum absolute atomic E-state index is 0.00574. The lowest BCUT2D eigenvalue weighted by atomic mass is 9.95. The van der Waals surface area contributed by atoms with E-state index >= 15 is 0 Å². The van der Waals surface area contributed by atoms with Gasteiger partial charge >= 0.3 is 0 Å². The minimum Gasteiger partial charge on any atom is -0.381 e. The zero-order chi connectivity index (χ0) is 11.8. The number of nitrogens with one attached hydrogen (secondary N) is 1. The Labute approximate surface area is 99.0 Å². The first-order valence-electron chi connectivity index (χ1n) is 5.79. The van der Waals surface area contributed by atoms with Crippen molar-refractivity contribution in [3.63, 3.8) is 0 Å². The third-order valence-corrected chi connectivity index (χ3v) is 3.32. The van der Waals surface area contributed by atoms with E-state index in [9.17, 15) is 9.59 Å². The van der Waals surface area contributed by atoms with Gasteiger partial charge in [0.05, 0.1) is 13.0 Å². The summed E-state index contributed by atoms with van der Waals surface area (Å²) in [6, 6.07) is 5.42. The number of ether oxygens (including phenoxy) is 1. The molecule has 2 heterocycles. The van der Waals surface area contributed by atoms with Crippen molar-refractivity contribution in [3.8, 4) is 0 Å². The van der Waals surface area contributed by atoms with Crippen LogP contribution in [0.5, 0.6) is 0 Å². The lowest BCUT2D eigenvalue weighted by Crippen LogP contribution is -2.14. The maximum absolute atomic E-state index is 12.1. The van der Waals surface area contributed by atoms with Crippen LogP contribution < -0.4 is 5.32 Å². The second-order valence-corrected chi connectivity index (χ2v) is 4.52. The third kappa shape index (κ3) is 1.85. The molecule has 17 heavy (non-hydrogen) atoms. The molecule has 4 nitrogen and oxygen atoms in total. The molecule has 0 spiro atoms. The van der Waals surface area contributed by atoms with E-state index < -0.39 is 0 Å². The Balaban J connectivity index is 1.87. The number of anilines is 1. The van der Waals surface area contributed by atoms with Crippen molar-refractivity contribution in [2.75, 3.05) is 18.5 Å². The summed E-state index contributed by atoms with van der Waals surface area (Å²) < 4.78 is 5.22. The molecule has 0 radical (unpaired) electrons. The Hall–Kier alpha value is -1.68. The largest absolute Gasteiger partial charge is 0.381 e. The summed E-state index contributed by atoms with van der Waals surface area (Å²) in [5, 5.41) is 2.76. The van der Waals surface area contributed by atoms with Gasteiger partial charge in [0, 0.05) is 23.8 Å². The average Bonchev–Trinajstić information content (AvgIpc) is 2.94.